The number of allylic oxidation sites excluding steroid dienone is 1. The van der Waals surface area contributed by atoms with Gasteiger partial charge in [-0.05, 0) is 18.6 Å². The number of amides is 1. The third kappa shape index (κ3) is 4.27. The van der Waals surface area contributed by atoms with Crippen molar-refractivity contribution in [2.24, 2.45) is 0 Å². The molecule has 0 bridgehead atoms. The summed E-state index contributed by atoms with van der Waals surface area (Å²) in [6.07, 6.45) is 0.149. The maximum atomic E-state index is 12.0. The number of carbonyl (C=O) groups excluding carboxylic acids is 2. The van der Waals surface area contributed by atoms with Gasteiger partial charge in [0.05, 0.1) is 29.0 Å². The molecule has 0 radical (unpaired) electrons. The van der Waals surface area contributed by atoms with Crippen molar-refractivity contribution in [3.63, 3.8) is 0 Å². The molecule has 0 saturated heterocycles. The number of nitriles is 1. The van der Waals surface area contributed by atoms with Crippen LogP contribution in [-0.4, -0.2) is 24.2 Å². The topological polar surface area (TPSA) is 79.2 Å². The Kier molecular flexibility index (Phi) is 6.08. The quantitative estimate of drug-likeness (QED) is 0.826. The van der Waals surface area contributed by atoms with Gasteiger partial charge in [0, 0.05) is 17.4 Å². The van der Waals surface area contributed by atoms with Gasteiger partial charge in [0.25, 0.3) is 0 Å². The Morgan fingerprint density at radius 3 is 2.91 bits per heavy atom. The van der Waals surface area contributed by atoms with Gasteiger partial charge >= 0.3 is 5.97 Å². The average Bonchev–Trinajstić information content (AvgIpc) is 2.53. The van der Waals surface area contributed by atoms with E-state index in [4.69, 9.17) is 16.3 Å². The Morgan fingerprint density at radius 2 is 2.26 bits per heavy atom. The van der Waals surface area contributed by atoms with Crippen molar-refractivity contribution in [2.75, 3.05) is 12.4 Å². The molecule has 0 fully saturated rings. The lowest BCUT2D eigenvalue weighted by atomic mass is 9.87. The maximum absolute atomic E-state index is 12.0. The highest BCUT2D eigenvalue weighted by atomic mass is 35.5. The van der Waals surface area contributed by atoms with E-state index in [1.165, 1.54) is 0 Å². The van der Waals surface area contributed by atoms with E-state index in [0.29, 0.717) is 15.6 Å². The Hall–Kier alpha value is -1.97. The Bertz CT molecular complexity index is 697. The largest absolute Gasteiger partial charge is 0.465 e. The maximum Gasteiger partial charge on any atom is 0.316 e. The zero-order valence-corrected chi connectivity index (χ0v) is 14.0. The molecule has 1 amide bonds. The molecule has 0 saturated carbocycles. The molecule has 5 nitrogen and oxygen atoms in total. The number of halogens is 1. The molecule has 1 N–H and O–H groups in total. The smallest absolute Gasteiger partial charge is 0.316 e. The first-order valence-electron chi connectivity index (χ1n) is 7.03. The number of thioether (sulfide) groups is 1. The van der Waals surface area contributed by atoms with Crippen LogP contribution in [0.3, 0.4) is 0 Å². The number of carbonyl (C=O) groups is 2. The standard InChI is InChI=1S/C16H15ClN2O3S/c1-2-22-15(21)9-23-16-12(8-18)11(7-14(20)19-16)10-5-3-4-6-13(10)17/h3-6,11H,2,7,9H2,1H3,(H,19,20)/t11-/m0/s1. The normalized spacial score (nSPS) is 17.4. The number of rotatable bonds is 5. The number of hydrogen-bond donors (Lipinski definition) is 1. The number of esters is 1. The van der Waals surface area contributed by atoms with Gasteiger partial charge in [-0.3, -0.25) is 9.59 Å². The van der Waals surface area contributed by atoms with Crippen molar-refractivity contribution in [3.05, 3.63) is 45.5 Å². The number of nitrogens with one attached hydrogen (secondary N) is 1. The summed E-state index contributed by atoms with van der Waals surface area (Å²) in [6.45, 7) is 2.01. The van der Waals surface area contributed by atoms with Gasteiger partial charge in [-0.1, -0.05) is 41.6 Å². The molecule has 0 aromatic heterocycles. The molecule has 2 rings (SSSR count). The lowest BCUT2D eigenvalue weighted by molar-refractivity contribution is -0.139. The van der Waals surface area contributed by atoms with E-state index in [1.807, 2.05) is 6.07 Å². The van der Waals surface area contributed by atoms with E-state index in [0.717, 1.165) is 17.3 Å². The molecule has 0 spiro atoms. The second-order valence-electron chi connectivity index (χ2n) is 4.77. The molecule has 1 heterocycles. The van der Waals surface area contributed by atoms with Gasteiger partial charge in [-0.2, -0.15) is 5.26 Å². The van der Waals surface area contributed by atoms with Crippen molar-refractivity contribution < 1.29 is 14.3 Å². The molecule has 120 valence electrons. The molecule has 7 heteroatoms. The average molecular weight is 351 g/mol. The summed E-state index contributed by atoms with van der Waals surface area (Å²) >= 11 is 7.29. The molecule has 0 unspecified atom stereocenters. The molecule has 23 heavy (non-hydrogen) atoms. The molecular weight excluding hydrogens is 336 g/mol. The third-order valence-corrected chi connectivity index (χ3v) is 4.61. The van der Waals surface area contributed by atoms with Crippen LogP contribution < -0.4 is 5.32 Å². The van der Waals surface area contributed by atoms with Crippen LogP contribution in [-0.2, 0) is 14.3 Å². The van der Waals surface area contributed by atoms with Gasteiger partial charge in [-0.15, -0.1) is 0 Å². The fraction of sp³-hybridized carbons (Fsp3) is 0.312. The highest BCUT2D eigenvalue weighted by Gasteiger charge is 2.31. The van der Waals surface area contributed by atoms with Crippen LogP contribution in [0.5, 0.6) is 0 Å². The highest BCUT2D eigenvalue weighted by Crippen LogP contribution is 2.38. The molecular formula is C16H15ClN2O3S. The van der Waals surface area contributed by atoms with Crippen LogP contribution in [0.25, 0.3) is 0 Å². The Labute approximate surface area is 143 Å². The van der Waals surface area contributed by atoms with E-state index in [2.05, 4.69) is 11.4 Å². The number of nitrogens with zero attached hydrogens (tertiary/aromatic N) is 1. The van der Waals surface area contributed by atoms with Crippen LogP contribution in [0.4, 0.5) is 0 Å². The molecule has 1 aliphatic rings. The summed E-state index contributed by atoms with van der Waals surface area (Å²) in [5, 5.41) is 13.1. The van der Waals surface area contributed by atoms with Crippen molar-refractivity contribution >= 4 is 35.2 Å². The summed E-state index contributed by atoms with van der Waals surface area (Å²) in [4.78, 5) is 23.5. The Morgan fingerprint density at radius 1 is 1.52 bits per heavy atom. The van der Waals surface area contributed by atoms with Gasteiger partial charge in [0.2, 0.25) is 5.91 Å². The van der Waals surface area contributed by atoms with Gasteiger partial charge in [-0.25, -0.2) is 0 Å². The molecule has 1 aliphatic heterocycles. The zero-order chi connectivity index (χ0) is 16.8. The minimum Gasteiger partial charge on any atom is -0.465 e. The summed E-state index contributed by atoms with van der Waals surface area (Å²) < 4.78 is 4.86. The summed E-state index contributed by atoms with van der Waals surface area (Å²) in [5.41, 5.74) is 1.14. The first-order valence-corrected chi connectivity index (χ1v) is 8.40. The highest BCUT2D eigenvalue weighted by molar-refractivity contribution is 8.03. The van der Waals surface area contributed by atoms with E-state index >= 15 is 0 Å². The van der Waals surface area contributed by atoms with Gasteiger partial charge < -0.3 is 10.1 Å². The molecule has 1 atom stereocenters. The van der Waals surface area contributed by atoms with Crippen LogP contribution >= 0.6 is 23.4 Å². The van der Waals surface area contributed by atoms with Crippen LogP contribution in [0.2, 0.25) is 5.02 Å². The van der Waals surface area contributed by atoms with Crippen molar-refractivity contribution in [2.45, 2.75) is 19.3 Å². The lowest BCUT2D eigenvalue weighted by Gasteiger charge is -2.25. The van der Waals surface area contributed by atoms with E-state index in [-0.39, 0.29) is 24.7 Å². The van der Waals surface area contributed by atoms with Gasteiger partial charge in [0.15, 0.2) is 0 Å². The van der Waals surface area contributed by atoms with Crippen molar-refractivity contribution in [1.82, 2.24) is 5.32 Å². The lowest BCUT2D eigenvalue weighted by Crippen LogP contribution is -2.31. The number of hydrogen-bond acceptors (Lipinski definition) is 5. The number of ether oxygens (including phenoxy) is 1. The molecule has 1 aromatic rings. The van der Waals surface area contributed by atoms with Crippen LogP contribution in [0, 0.1) is 11.3 Å². The Balaban J connectivity index is 2.30. The minimum absolute atomic E-state index is 0.0316. The van der Waals surface area contributed by atoms with Gasteiger partial charge in [0.1, 0.15) is 0 Å². The minimum atomic E-state index is -0.410. The van der Waals surface area contributed by atoms with Crippen molar-refractivity contribution in [1.29, 1.82) is 5.26 Å². The summed E-state index contributed by atoms with van der Waals surface area (Å²) in [5.74, 6) is -0.979. The predicted octanol–water partition coefficient (Wildman–Crippen LogP) is 2.97. The summed E-state index contributed by atoms with van der Waals surface area (Å²) in [7, 11) is 0. The fourth-order valence-corrected chi connectivity index (χ4v) is 3.43. The number of benzene rings is 1. The first kappa shape index (κ1) is 17.4. The predicted molar refractivity (Wildman–Crippen MR) is 88.7 cm³/mol. The first-order chi connectivity index (χ1) is 11.1. The third-order valence-electron chi connectivity index (χ3n) is 3.28. The van der Waals surface area contributed by atoms with Crippen molar-refractivity contribution in [3.8, 4) is 6.07 Å². The van der Waals surface area contributed by atoms with Crippen LogP contribution in [0.1, 0.15) is 24.8 Å². The van der Waals surface area contributed by atoms with E-state index < -0.39 is 11.9 Å². The SMILES string of the molecule is CCOC(=O)CSC1=C(C#N)[C@H](c2ccccc2Cl)CC(=O)N1. The van der Waals surface area contributed by atoms with E-state index in [1.54, 1.807) is 25.1 Å². The second kappa shape index (κ2) is 8.04. The van der Waals surface area contributed by atoms with Crippen LogP contribution in [0.15, 0.2) is 34.9 Å². The zero-order valence-electron chi connectivity index (χ0n) is 12.5. The second-order valence-corrected chi connectivity index (χ2v) is 6.17. The summed E-state index contributed by atoms with van der Waals surface area (Å²) in [6, 6.07) is 9.27. The molecule has 1 aromatic carbocycles. The van der Waals surface area contributed by atoms with E-state index in [9.17, 15) is 14.9 Å². The molecule has 0 aliphatic carbocycles. The monoisotopic (exact) mass is 350 g/mol. The fourth-order valence-electron chi connectivity index (χ4n) is 2.29.